The van der Waals surface area contributed by atoms with Crippen molar-refractivity contribution >= 4 is 5.91 Å². The van der Waals surface area contributed by atoms with Crippen molar-refractivity contribution in [3.05, 3.63) is 76.9 Å². The molecule has 1 heterocycles. The highest BCUT2D eigenvalue weighted by Crippen LogP contribution is 2.16. The van der Waals surface area contributed by atoms with Gasteiger partial charge in [0.2, 0.25) is 5.91 Å². The van der Waals surface area contributed by atoms with Gasteiger partial charge in [0.15, 0.2) is 0 Å². The third-order valence-corrected chi connectivity index (χ3v) is 4.39. The predicted molar refractivity (Wildman–Crippen MR) is 99.6 cm³/mol. The fourth-order valence-corrected chi connectivity index (χ4v) is 2.98. The first kappa shape index (κ1) is 18.7. The minimum atomic E-state index is -0.594. The molecule has 3 aromatic rings. The van der Waals surface area contributed by atoms with Crippen LogP contribution in [0.25, 0.3) is 0 Å². The molecular weight excluding hydrogens is 345 g/mol. The van der Waals surface area contributed by atoms with Gasteiger partial charge in [-0.15, -0.1) is 5.10 Å². The number of amides is 1. The Bertz CT molecular complexity index is 907. The first-order valence-electron chi connectivity index (χ1n) is 8.85. The summed E-state index contributed by atoms with van der Waals surface area (Å²) in [6.45, 7) is 4.31. The van der Waals surface area contributed by atoms with Crippen LogP contribution in [0.5, 0.6) is 0 Å². The monoisotopic (exact) mass is 367 g/mol. The number of nitrogens with zero attached hydrogens (tertiary/aromatic N) is 4. The Kier molecular flexibility index (Phi) is 5.90. The molecule has 3 rings (SSSR count). The second-order valence-electron chi connectivity index (χ2n) is 6.55. The zero-order valence-corrected chi connectivity index (χ0v) is 15.4. The molecule has 2 aromatic carbocycles. The van der Waals surface area contributed by atoms with Crippen molar-refractivity contribution < 1.29 is 9.18 Å². The third kappa shape index (κ3) is 4.97. The van der Waals surface area contributed by atoms with Crippen LogP contribution in [-0.4, -0.2) is 32.7 Å². The van der Waals surface area contributed by atoms with Gasteiger partial charge in [-0.25, -0.2) is 9.07 Å². The van der Waals surface area contributed by atoms with E-state index in [0.29, 0.717) is 18.8 Å². The molecule has 0 aliphatic heterocycles. The van der Waals surface area contributed by atoms with E-state index < -0.39 is 6.04 Å². The lowest BCUT2D eigenvalue weighted by Crippen LogP contribution is -2.36. The molecule has 6 nitrogen and oxygen atoms in total. The predicted octanol–water partition coefficient (Wildman–Crippen LogP) is 2.57. The first-order chi connectivity index (χ1) is 13.0. The maximum atomic E-state index is 13.2. The van der Waals surface area contributed by atoms with Gasteiger partial charge < -0.3 is 5.32 Å². The van der Waals surface area contributed by atoms with E-state index in [2.05, 4.69) is 26.9 Å². The minimum Gasteiger partial charge on any atom is -0.354 e. The van der Waals surface area contributed by atoms with Crippen LogP contribution in [0.2, 0.25) is 0 Å². The van der Waals surface area contributed by atoms with Crippen molar-refractivity contribution in [3.8, 4) is 0 Å². The smallest absolute Gasteiger partial charge is 0.245 e. The lowest BCUT2D eigenvalue weighted by atomic mass is 10.0. The van der Waals surface area contributed by atoms with E-state index in [1.807, 2.05) is 25.1 Å². The Balaban J connectivity index is 1.69. The average molecular weight is 367 g/mol. The van der Waals surface area contributed by atoms with E-state index >= 15 is 0 Å². The van der Waals surface area contributed by atoms with Crippen molar-refractivity contribution in [2.75, 3.05) is 6.54 Å². The summed E-state index contributed by atoms with van der Waals surface area (Å²) in [4.78, 5) is 12.8. The molecule has 1 unspecified atom stereocenters. The molecule has 0 aliphatic rings. The van der Waals surface area contributed by atoms with E-state index in [9.17, 15) is 9.18 Å². The summed E-state index contributed by atoms with van der Waals surface area (Å²) in [6.07, 6.45) is 1.12. The van der Waals surface area contributed by atoms with Crippen LogP contribution in [0, 0.1) is 19.7 Å². The molecule has 1 atom stereocenters. The van der Waals surface area contributed by atoms with Gasteiger partial charge in [-0.05, 0) is 54.0 Å². The molecule has 0 fully saturated rings. The molecule has 0 radical (unpaired) electrons. The second-order valence-corrected chi connectivity index (χ2v) is 6.55. The average Bonchev–Trinajstić information content (AvgIpc) is 3.07. The zero-order chi connectivity index (χ0) is 19.2. The van der Waals surface area contributed by atoms with Crippen molar-refractivity contribution in [3.63, 3.8) is 0 Å². The molecule has 0 saturated heterocycles. The molecular formula is C20H22FN5O. The number of aryl methyl sites for hydroxylation is 2. The largest absolute Gasteiger partial charge is 0.354 e. The van der Waals surface area contributed by atoms with Gasteiger partial charge in [0.1, 0.15) is 17.7 Å². The maximum Gasteiger partial charge on any atom is 0.245 e. The van der Waals surface area contributed by atoms with E-state index in [-0.39, 0.29) is 11.7 Å². The summed E-state index contributed by atoms with van der Waals surface area (Å²) < 4.78 is 14.7. The highest BCUT2D eigenvalue weighted by Gasteiger charge is 2.24. The topological polar surface area (TPSA) is 72.7 Å². The summed E-state index contributed by atoms with van der Waals surface area (Å²) in [5.74, 6) is 0.0785. The van der Waals surface area contributed by atoms with E-state index in [4.69, 9.17) is 0 Å². The molecule has 7 heteroatoms. The highest BCUT2D eigenvalue weighted by molar-refractivity contribution is 5.80. The van der Waals surface area contributed by atoms with E-state index in [1.165, 1.54) is 27.9 Å². The number of nitrogens with one attached hydrogen (secondary N) is 1. The summed E-state index contributed by atoms with van der Waals surface area (Å²) in [5, 5.41) is 14.4. The number of halogens is 1. The summed E-state index contributed by atoms with van der Waals surface area (Å²) in [7, 11) is 0. The number of carbonyl (C=O) groups is 1. The van der Waals surface area contributed by atoms with Crippen LogP contribution < -0.4 is 5.32 Å². The molecule has 0 aliphatic carbocycles. The summed E-state index contributed by atoms with van der Waals surface area (Å²) in [6, 6.07) is 13.7. The molecule has 140 valence electrons. The lowest BCUT2D eigenvalue weighted by molar-refractivity contribution is -0.124. The van der Waals surface area contributed by atoms with Crippen molar-refractivity contribution in [2.45, 2.75) is 32.7 Å². The Morgan fingerprint density at radius 2 is 1.93 bits per heavy atom. The van der Waals surface area contributed by atoms with Gasteiger partial charge in [-0.3, -0.25) is 4.79 Å². The Morgan fingerprint density at radius 3 is 2.59 bits per heavy atom. The quantitative estimate of drug-likeness (QED) is 0.697. The van der Waals surface area contributed by atoms with Gasteiger partial charge in [0.25, 0.3) is 0 Å². The van der Waals surface area contributed by atoms with Crippen LogP contribution in [0.1, 0.15) is 28.6 Å². The maximum absolute atomic E-state index is 13.2. The third-order valence-electron chi connectivity index (χ3n) is 4.39. The van der Waals surface area contributed by atoms with E-state index in [0.717, 1.165) is 12.0 Å². The lowest BCUT2D eigenvalue weighted by Gasteiger charge is -2.17. The van der Waals surface area contributed by atoms with Crippen molar-refractivity contribution in [2.24, 2.45) is 0 Å². The zero-order valence-electron chi connectivity index (χ0n) is 15.4. The van der Waals surface area contributed by atoms with E-state index in [1.54, 1.807) is 19.1 Å². The fraction of sp³-hybridized carbons (Fsp3) is 0.300. The van der Waals surface area contributed by atoms with Crippen LogP contribution in [0.3, 0.4) is 0 Å². The highest BCUT2D eigenvalue weighted by atomic mass is 19.1. The number of carbonyl (C=O) groups excluding carboxylic acids is 1. The van der Waals surface area contributed by atoms with Crippen LogP contribution >= 0.6 is 0 Å². The number of tetrazole rings is 1. The Morgan fingerprint density at radius 1 is 1.15 bits per heavy atom. The SMILES string of the molecule is Cc1cccc(CCNC(=O)C(Cc2ccc(F)cc2)n2nnnc2C)c1. The van der Waals surface area contributed by atoms with Crippen LogP contribution in [0.4, 0.5) is 4.39 Å². The standard InChI is InChI=1S/C20H22FN5O/c1-14-4-3-5-16(12-14)10-11-22-20(27)19(26-15(2)23-24-25-26)13-17-6-8-18(21)9-7-17/h3-9,12,19H,10-11,13H2,1-2H3,(H,22,27). The molecule has 0 saturated carbocycles. The number of hydrogen-bond donors (Lipinski definition) is 1. The number of hydrogen-bond acceptors (Lipinski definition) is 4. The minimum absolute atomic E-state index is 0.164. The normalized spacial score (nSPS) is 12.0. The van der Waals surface area contributed by atoms with Crippen molar-refractivity contribution in [1.82, 2.24) is 25.5 Å². The second kappa shape index (κ2) is 8.53. The van der Waals surface area contributed by atoms with Gasteiger partial charge in [0.05, 0.1) is 0 Å². The van der Waals surface area contributed by atoms with Crippen LogP contribution in [-0.2, 0) is 17.6 Å². The molecule has 27 heavy (non-hydrogen) atoms. The van der Waals surface area contributed by atoms with Crippen molar-refractivity contribution in [1.29, 1.82) is 0 Å². The van der Waals surface area contributed by atoms with Gasteiger partial charge in [0, 0.05) is 13.0 Å². The van der Waals surface area contributed by atoms with Crippen LogP contribution in [0.15, 0.2) is 48.5 Å². The van der Waals surface area contributed by atoms with Gasteiger partial charge in [-0.1, -0.05) is 42.0 Å². The number of aromatic nitrogens is 4. The van der Waals surface area contributed by atoms with Gasteiger partial charge >= 0.3 is 0 Å². The molecule has 0 spiro atoms. The number of benzene rings is 2. The van der Waals surface area contributed by atoms with Gasteiger partial charge in [-0.2, -0.15) is 0 Å². The molecule has 1 N–H and O–H groups in total. The Hall–Kier alpha value is -3.09. The fourth-order valence-electron chi connectivity index (χ4n) is 2.98. The first-order valence-corrected chi connectivity index (χ1v) is 8.85. The number of rotatable bonds is 7. The summed E-state index contributed by atoms with van der Waals surface area (Å²) in [5.41, 5.74) is 3.20. The summed E-state index contributed by atoms with van der Waals surface area (Å²) >= 11 is 0. The molecule has 1 aromatic heterocycles. The molecule has 1 amide bonds. The Labute approximate surface area is 157 Å². The molecule has 0 bridgehead atoms.